The Kier molecular flexibility index (Phi) is 10.3. The van der Waals surface area contributed by atoms with Crippen molar-refractivity contribution in [1.29, 1.82) is 0 Å². The summed E-state index contributed by atoms with van der Waals surface area (Å²) in [6.07, 6.45) is 10.1. The molecule has 0 spiro atoms. The zero-order chi connectivity index (χ0) is 39.9. The van der Waals surface area contributed by atoms with Gasteiger partial charge in [-0.15, -0.1) is 0 Å². The fourth-order valence-corrected chi connectivity index (χ4v) is 13.5. The third-order valence-corrected chi connectivity index (χ3v) is 17.8. The molecule has 7 rings (SSSR count). The number of hydrogen-bond acceptors (Lipinski definition) is 6. The molecule has 304 valence electrons. The summed E-state index contributed by atoms with van der Waals surface area (Å²) in [4.78, 5) is 13.7. The van der Waals surface area contributed by atoms with Crippen LogP contribution >= 0.6 is 0 Å². The Labute approximate surface area is 331 Å². The lowest BCUT2D eigenvalue weighted by molar-refractivity contribution is -0.254. The normalized spacial score (nSPS) is 40.0. The average molecular weight is 758 g/mol. The molecule has 0 radical (unpaired) electrons. The van der Waals surface area contributed by atoms with E-state index in [0.717, 1.165) is 62.1 Å². The first kappa shape index (κ1) is 40.5. The molecular weight excluding hydrogens is 687 g/mol. The highest BCUT2D eigenvalue weighted by atomic mass is 16.5. The summed E-state index contributed by atoms with van der Waals surface area (Å²) < 4.78 is 22.4. The number of likely N-dealkylation sites (N-methyl/N-ethyl adjacent to an activating group) is 1. The standard InChI is InChI=1S/C47H71N3O5/c1-29(2)31(5)43(7)21-22-44(8)34-16-17-38-42(6)25-37(50-36(19-23-49-50)32-14-13-15-33(24-32)53-12)40(55-27-46(10,48-11)30(3)4)47(38,28-54-26-42)35(34)18-20-45(44,9)39(43)41(51)52/h13-15,18-19,23-24,29-31,34,37-40,48H,16-17,20-22,25-28H2,1-12H3,(H,51,52)/t31-,34+,37-,38-,39-,40+,42-,43-,44-,45+,46+,47+/m1/s1. The molecule has 12 atom stereocenters. The molecule has 2 aromatic rings. The molecule has 0 unspecified atom stereocenters. The second-order valence-corrected chi connectivity index (χ2v) is 20.6. The Morgan fingerprint density at radius 1 is 1.07 bits per heavy atom. The molecule has 1 aromatic carbocycles. The monoisotopic (exact) mass is 758 g/mol. The summed E-state index contributed by atoms with van der Waals surface area (Å²) in [6, 6.07) is 10.4. The van der Waals surface area contributed by atoms with Gasteiger partial charge in [-0.3, -0.25) is 9.48 Å². The van der Waals surface area contributed by atoms with Gasteiger partial charge < -0.3 is 24.6 Å². The minimum Gasteiger partial charge on any atom is -0.497 e. The van der Waals surface area contributed by atoms with Crippen molar-refractivity contribution in [2.75, 3.05) is 34.0 Å². The minimum absolute atomic E-state index is 0.0382. The van der Waals surface area contributed by atoms with E-state index in [4.69, 9.17) is 19.3 Å². The van der Waals surface area contributed by atoms with Crippen molar-refractivity contribution < 1.29 is 24.1 Å². The molecule has 1 aliphatic heterocycles. The summed E-state index contributed by atoms with van der Waals surface area (Å²) in [5, 5.41) is 20.0. The molecule has 0 amide bonds. The van der Waals surface area contributed by atoms with Gasteiger partial charge in [0, 0.05) is 22.7 Å². The Morgan fingerprint density at radius 2 is 1.82 bits per heavy atom. The largest absolute Gasteiger partial charge is 0.497 e. The molecule has 2 heterocycles. The fraction of sp³-hybridized carbons (Fsp3) is 0.745. The number of carbonyl (C=O) groups is 1. The number of hydrogen-bond donors (Lipinski definition) is 2. The summed E-state index contributed by atoms with van der Waals surface area (Å²) in [7, 11) is 3.77. The van der Waals surface area contributed by atoms with Crippen molar-refractivity contribution in [3.05, 3.63) is 48.2 Å². The SMILES string of the molecule is CN[C@@](C)(CO[C@H]1[C@H](n2nccc2-c2cccc(OC)c2)C[C@]2(C)COC[C@@]13C1=CC[C@@]4(C)[C@H](C(=O)O)[C@@](C)([C@H](C)C(C)C)CC[C@]4(C)[C@H]1CC[C@H]23)C(C)C. The number of ether oxygens (including phenoxy) is 3. The molecule has 4 fully saturated rings. The van der Waals surface area contributed by atoms with E-state index in [9.17, 15) is 9.90 Å². The van der Waals surface area contributed by atoms with Crippen LogP contribution in [0.2, 0.25) is 0 Å². The number of methoxy groups -OCH3 is 1. The highest BCUT2D eigenvalue weighted by Crippen LogP contribution is 2.75. The second-order valence-electron chi connectivity index (χ2n) is 20.6. The second kappa shape index (κ2) is 14.0. The quantitative estimate of drug-likeness (QED) is 0.221. The van der Waals surface area contributed by atoms with Crippen molar-refractivity contribution in [1.82, 2.24) is 15.1 Å². The predicted molar refractivity (Wildman–Crippen MR) is 219 cm³/mol. The molecule has 4 aliphatic carbocycles. The maximum Gasteiger partial charge on any atom is 0.307 e. The van der Waals surface area contributed by atoms with Gasteiger partial charge in [-0.25, -0.2) is 0 Å². The predicted octanol–water partition coefficient (Wildman–Crippen LogP) is 9.71. The van der Waals surface area contributed by atoms with Crippen LogP contribution in [0.15, 0.2) is 48.2 Å². The lowest BCUT2D eigenvalue weighted by Gasteiger charge is -2.71. The van der Waals surface area contributed by atoms with Crippen molar-refractivity contribution >= 4 is 5.97 Å². The average Bonchev–Trinajstić information content (AvgIpc) is 3.64. The van der Waals surface area contributed by atoms with Crippen LogP contribution in [0.5, 0.6) is 5.75 Å². The van der Waals surface area contributed by atoms with Crippen molar-refractivity contribution in [3.63, 3.8) is 0 Å². The summed E-state index contributed by atoms with van der Waals surface area (Å²) >= 11 is 0. The summed E-state index contributed by atoms with van der Waals surface area (Å²) in [5.74, 6) is 1.46. The van der Waals surface area contributed by atoms with Crippen LogP contribution in [0.1, 0.15) is 114 Å². The van der Waals surface area contributed by atoms with E-state index in [-0.39, 0.29) is 50.7 Å². The molecule has 2 N–H and O–H groups in total. The van der Waals surface area contributed by atoms with Gasteiger partial charge in [0.05, 0.1) is 50.7 Å². The number of aliphatic carboxylic acids is 1. The Balaban J connectivity index is 1.41. The maximum absolute atomic E-state index is 13.7. The van der Waals surface area contributed by atoms with Crippen LogP contribution in [0.4, 0.5) is 0 Å². The molecule has 3 saturated carbocycles. The van der Waals surface area contributed by atoms with Gasteiger partial charge in [0.1, 0.15) is 5.75 Å². The number of fused-ring (bicyclic) bond motifs is 3. The Morgan fingerprint density at radius 3 is 2.47 bits per heavy atom. The van der Waals surface area contributed by atoms with Crippen molar-refractivity contribution in [2.45, 2.75) is 125 Å². The fourth-order valence-electron chi connectivity index (χ4n) is 13.5. The van der Waals surface area contributed by atoms with E-state index in [1.807, 2.05) is 12.3 Å². The summed E-state index contributed by atoms with van der Waals surface area (Å²) in [5.41, 5.74) is 2.07. The molecule has 5 aliphatic rings. The zero-order valence-corrected chi connectivity index (χ0v) is 36.0. The van der Waals surface area contributed by atoms with E-state index in [1.165, 1.54) is 5.57 Å². The topological polar surface area (TPSA) is 94.8 Å². The molecule has 2 bridgehead atoms. The lowest BCUT2D eigenvalue weighted by Crippen LogP contribution is -2.70. The smallest absolute Gasteiger partial charge is 0.307 e. The molecule has 8 nitrogen and oxygen atoms in total. The van der Waals surface area contributed by atoms with Crippen LogP contribution in [0.3, 0.4) is 0 Å². The number of aromatic nitrogens is 2. The molecule has 8 heteroatoms. The highest BCUT2D eigenvalue weighted by Gasteiger charge is 2.72. The lowest BCUT2D eigenvalue weighted by atomic mass is 9.34. The first-order chi connectivity index (χ1) is 25.9. The van der Waals surface area contributed by atoms with E-state index < -0.39 is 11.9 Å². The number of allylic oxidation sites excluding steroid dienone is 1. The van der Waals surface area contributed by atoms with E-state index in [0.29, 0.717) is 36.9 Å². The molecular formula is C47H71N3O5. The van der Waals surface area contributed by atoms with Crippen LogP contribution in [0, 0.1) is 62.6 Å². The number of nitrogens with zero attached hydrogens (tertiary/aromatic N) is 2. The molecule has 55 heavy (non-hydrogen) atoms. The van der Waals surface area contributed by atoms with E-state index in [2.05, 4.69) is 117 Å². The van der Waals surface area contributed by atoms with Crippen LogP contribution in [0.25, 0.3) is 11.3 Å². The Bertz CT molecular complexity index is 1790. The Hall–Kier alpha value is -2.68. The van der Waals surface area contributed by atoms with Gasteiger partial charge in [0.2, 0.25) is 0 Å². The number of rotatable bonds is 11. The van der Waals surface area contributed by atoms with Crippen molar-refractivity contribution in [2.24, 2.45) is 62.6 Å². The van der Waals surface area contributed by atoms with Crippen LogP contribution in [-0.2, 0) is 14.3 Å². The molecule has 1 saturated heterocycles. The van der Waals surface area contributed by atoms with Gasteiger partial charge in [-0.2, -0.15) is 5.10 Å². The van der Waals surface area contributed by atoms with Crippen LogP contribution in [-0.4, -0.2) is 66.5 Å². The first-order valence-corrected chi connectivity index (χ1v) is 21.4. The third kappa shape index (κ3) is 5.83. The zero-order valence-electron chi connectivity index (χ0n) is 36.0. The number of benzene rings is 1. The van der Waals surface area contributed by atoms with Gasteiger partial charge in [0.15, 0.2) is 0 Å². The third-order valence-electron chi connectivity index (χ3n) is 17.8. The molecule has 1 aromatic heterocycles. The van der Waals surface area contributed by atoms with E-state index >= 15 is 0 Å². The van der Waals surface area contributed by atoms with Crippen molar-refractivity contribution in [3.8, 4) is 17.0 Å². The van der Waals surface area contributed by atoms with Gasteiger partial charge in [-0.1, -0.05) is 86.1 Å². The summed E-state index contributed by atoms with van der Waals surface area (Å²) in [6.45, 7) is 25.1. The van der Waals surface area contributed by atoms with E-state index in [1.54, 1.807) is 7.11 Å². The van der Waals surface area contributed by atoms with Crippen LogP contribution < -0.4 is 10.1 Å². The number of carboxylic acid groups (broad SMARTS) is 1. The number of nitrogens with one attached hydrogen (secondary N) is 1. The number of carboxylic acids is 1. The highest BCUT2D eigenvalue weighted by molar-refractivity contribution is 5.73. The van der Waals surface area contributed by atoms with Gasteiger partial charge in [-0.05, 0) is 122 Å². The van der Waals surface area contributed by atoms with Gasteiger partial charge >= 0.3 is 5.97 Å². The van der Waals surface area contributed by atoms with Gasteiger partial charge in [0.25, 0.3) is 0 Å². The first-order valence-electron chi connectivity index (χ1n) is 21.4. The minimum atomic E-state index is -0.622. The maximum atomic E-state index is 13.7.